The first-order chi connectivity index (χ1) is 8.79. The van der Waals surface area contributed by atoms with E-state index in [1.165, 1.54) is 0 Å². The summed E-state index contributed by atoms with van der Waals surface area (Å²) in [5, 5.41) is 9.41. The minimum atomic E-state index is -0.0326. The van der Waals surface area contributed by atoms with Gasteiger partial charge in [0.2, 0.25) is 0 Å². The lowest BCUT2D eigenvalue weighted by molar-refractivity contribution is 0.281. The van der Waals surface area contributed by atoms with Crippen LogP contribution in [-0.4, -0.2) is 19.6 Å². The van der Waals surface area contributed by atoms with E-state index in [9.17, 15) is 5.11 Å². The van der Waals surface area contributed by atoms with Crippen LogP contribution in [0.5, 0.6) is 0 Å². The van der Waals surface area contributed by atoms with Crippen molar-refractivity contribution in [3.05, 3.63) is 54.1 Å². The Bertz CT molecular complexity index is 703. The van der Waals surface area contributed by atoms with E-state index in [0.717, 1.165) is 28.0 Å². The van der Waals surface area contributed by atoms with Gasteiger partial charge in [0.25, 0.3) is 0 Å². The fraction of sp³-hybridized carbons (Fsp3) is 0.143. The number of imidazole rings is 1. The summed E-state index contributed by atoms with van der Waals surface area (Å²) in [6.07, 6.45) is 3.48. The first-order valence-corrected chi connectivity index (χ1v) is 5.78. The fourth-order valence-corrected chi connectivity index (χ4v) is 2.07. The van der Waals surface area contributed by atoms with Crippen LogP contribution in [-0.2, 0) is 6.61 Å². The molecule has 4 heteroatoms. The molecule has 1 aromatic carbocycles. The summed E-state index contributed by atoms with van der Waals surface area (Å²) in [4.78, 5) is 8.57. The number of aryl methyl sites for hydroxylation is 1. The van der Waals surface area contributed by atoms with Crippen molar-refractivity contribution in [3.63, 3.8) is 0 Å². The predicted molar refractivity (Wildman–Crippen MR) is 69.5 cm³/mol. The average Bonchev–Trinajstić information content (AvgIpc) is 2.82. The van der Waals surface area contributed by atoms with Crippen LogP contribution in [0, 0.1) is 6.92 Å². The molecule has 90 valence electrons. The summed E-state index contributed by atoms with van der Waals surface area (Å²) < 4.78 is 1.98. The van der Waals surface area contributed by atoms with Crippen LogP contribution in [0.1, 0.15) is 11.3 Å². The molecule has 0 amide bonds. The maximum absolute atomic E-state index is 9.41. The highest BCUT2D eigenvalue weighted by Gasteiger charge is 2.08. The topological polar surface area (TPSA) is 50.9 Å². The van der Waals surface area contributed by atoms with E-state index < -0.39 is 0 Å². The van der Waals surface area contributed by atoms with Gasteiger partial charge in [0.05, 0.1) is 23.3 Å². The third-order valence-electron chi connectivity index (χ3n) is 2.98. The third kappa shape index (κ3) is 1.67. The van der Waals surface area contributed by atoms with Crippen LogP contribution in [0.4, 0.5) is 0 Å². The quantitative estimate of drug-likeness (QED) is 0.746. The van der Waals surface area contributed by atoms with Gasteiger partial charge in [-0.2, -0.15) is 0 Å². The number of hydrogen-bond donors (Lipinski definition) is 1. The highest BCUT2D eigenvalue weighted by molar-refractivity contribution is 5.77. The largest absolute Gasteiger partial charge is 0.392 e. The molecule has 0 fully saturated rings. The van der Waals surface area contributed by atoms with Crippen molar-refractivity contribution in [3.8, 4) is 5.69 Å². The monoisotopic (exact) mass is 239 g/mol. The van der Waals surface area contributed by atoms with E-state index in [2.05, 4.69) is 9.97 Å². The van der Waals surface area contributed by atoms with E-state index in [4.69, 9.17) is 0 Å². The van der Waals surface area contributed by atoms with E-state index in [0.29, 0.717) is 0 Å². The second kappa shape index (κ2) is 4.23. The summed E-state index contributed by atoms with van der Waals surface area (Å²) in [5.74, 6) is 0. The molecule has 4 nitrogen and oxygen atoms in total. The number of nitrogens with zero attached hydrogens (tertiary/aromatic N) is 3. The molecule has 2 aromatic heterocycles. The summed E-state index contributed by atoms with van der Waals surface area (Å²) in [5.41, 5.74) is 4.61. The molecule has 18 heavy (non-hydrogen) atoms. The molecule has 0 atom stereocenters. The molecule has 0 bridgehead atoms. The van der Waals surface area contributed by atoms with Crippen molar-refractivity contribution in [2.24, 2.45) is 0 Å². The van der Waals surface area contributed by atoms with Crippen molar-refractivity contribution in [2.45, 2.75) is 13.5 Å². The Labute approximate surface area is 105 Å². The van der Waals surface area contributed by atoms with Gasteiger partial charge in [-0.25, -0.2) is 4.98 Å². The molecular weight excluding hydrogens is 226 g/mol. The molecule has 0 aliphatic carbocycles. The molecule has 2 heterocycles. The van der Waals surface area contributed by atoms with Crippen LogP contribution in [0.2, 0.25) is 0 Å². The average molecular weight is 239 g/mol. The third-order valence-corrected chi connectivity index (χ3v) is 2.98. The molecular formula is C14H13N3O. The molecule has 0 spiro atoms. The van der Waals surface area contributed by atoms with Crippen molar-refractivity contribution in [1.29, 1.82) is 0 Å². The highest BCUT2D eigenvalue weighted by atomic mass is 16.3. The Hall–Kier alpha value is -2.20. The van der Waals surface area contributed by atoms with Gasteiger partial charge in [-0.1, -0.05) is 12.1 Å². The van der Waals surface area contributed by atoms with Crippen LogP contribution in [0.15, 0.2) is 42.9 Å². The molecule has 1 N–H and O–H groups in total. The lowest BCUT2D eigenvalue weighted by atomic mass is 10.2. The highest BCUT2D eigenvalue weighted by Crippen LogP contribution is 2.21. The second-order valence-corrected chi connectivity index (χ2v) is 4.22. The van der Waals surface area contributed by atoms with Gasteiger partial charge < -0.3 is 5.11 Å². The molecule has 0 aliphatic heterocycles. The number of fused-ring (bicyclic) bond motifs is 1. The van der Waals surface area contributed by atoms with E-state index in [1.54, 1.807) is 12.5 Å². The second-order valence-electron chi connectivity index (χ2n) is 4.22. The standard InChI is InChI=1S/C14H13N3O/c1-10-6-14(11(8-18)7-15-10)17-9-16-12-4-2-3-5-13(12)17/h2-7,9,18H,8H2,1H3. The van der Waals surface area contributed by atoms with Crippen LogP contribution >= 0.6 is 0 Å². The van der Waals surface area contributed by atoms with Crippen LogP contribution in [0.25, 0.3) is 16.7 Å². The number of aromatic nitrogens is 3. The number of pyridine rings is 1. The predicted octanol–water partition coefficient (Wildman–Crippen LogP) is 2.22. The van der Waals surface area contributed by atoms with E-state index in [-0.39, 0.29) is 6.61 Å². The minimum Gasteiger partial charge on any atom is -0.392 e. The number of aliphatic hydroxyl groups is 1. The Morgan fingerprint density at radius 1 is 1.22 bits per heavy atom. The molecule has 3 aromatic rings. The minimum absolute atomic E-state index is 0.0326. The number of hydrogen-bond acceptors (Lipinski definition) is 3. The zero-order valence-electron chi connectivity index (χ0n) is 10.0. The summed E-state index contributed by atoms with van der Waals surface area (Å²) in [6.45, 7) is 1.90. The smallest absolute Gasteiger partial charge is 0.100 e. The van der Waals surface area contributed by atoms with Gasteiger partial charge in [0, 0.05) is 17.5 Å². The van der Waals surface area contributed by atoms with Gasteiger partial charge in [-0.3, -0.25) is 9.55 Å². The van der Waals surface area contributed by atoms with Crippen molar-refractivity contribution in [1.82, 2.24) is 14.5 Å². The van der Waals surface area contributed by atoms with Crippen LogP contribution in [0.3, 0.4) is 0 Å². The van der Waals surface area contributed by atoms with Crippen molar-refractivity contribution >= 4 is 11.0 Å². The Balaban J connectivity index is 2.29. The summed E-state index contributed by atoms with van der Waals surface area (Å²) >= 11 is 0. The lowest BCUT2D eigenvalue weighted by Gasteiger charge is -2.09. The van der Waals surface area contributed by atoms with Crippen molar-refractivity contribution in [2.75, 3.05) is 0 Å². The lowest BCUT2D eigenvalue weighted by Crippen LogP contribution is -2.00. The normalized spacial score (nSPS) is 11.0. The first kappa shape index (κ1) is 10.9. The number of para-hydroxylation sites is 2. The number of benzene rings is 1. The van der Waals surface area contributed by atoms with Gasteiger partial charge >= 0.3 is 0 Å². The van der Waals surface area contributed by atoms with Gasteiger partial charge in [0.1, 0.15) is 6.33 Å². The first-order valence-electron chi connectivity index (χ1n) is 5.78. The maximum Gasteiger partial charge on any atom is 0.100 e. The zero-order valence-corrected chi connectivity index (χ0v) is 10.0. The van der Waals surface area contributed by atoms with Gasteiger partial charge in [-0.15, -0.1) is 0 Å². The molecule has 0 aliphatic rings. The molecule has 0 unspecified atom stereocenters. The van der Waals surface area contributed by atoms with Crippen LogP contribution < -0.4 is 0 Å². The maximum atomic E-state index is 9.41. The zero-order chi connectivity index (χ0) is 12.5. The van der Waals surface area contributed by atoms with Gasteiger partial charge in [-0.05, 0) is 25.1 Å². The summed E-state index contributed by atoms with van der Waals surface area (Å²) in [7, 11) is 0. The molecule has 0 saturated carbocycles. The Morgan fingerprint density at radius 3 is 2.89 bits per heavy atom. The van der Waals surface area contributed by atoms with Crippen molar-refractivity contribution < 1.29 is 5.11 Å². The molecule has 3 rings (SSSR count). The number of rotatable bonds is 2. The summed E-state index contributed by atoms with van der Waals surface area (Å²) in [6, 6.07) is 9.88. The molecule has 0 radical (unpaired) electrons. The molecule has 0 saturated heterocycles. The Morgan fingerprint density at radius 2 is 2.06 bits per heavy atom. The Kier molecular flexibility index (Phi) is 2.57. The van der Waals surface area contributed by atoms with E-state index >= 15 is 0 Å². The van der Waals surface area contributed by atoms with E-state index in [1.807, 2.05) is 41.8 Å². The SMILES string of the molecule is Cc1cc(-n2cnc3ccccc32)c(CO)cn1. The number of aliphatic hydroxyl groups excluding tert-OH is 1. The van der Waals surface area contributed by atoms with Gasteiger partial charge in [0.15, 0.2) is 0 Å². The fourth-order valence-electron chi connectivity index (χ4n) is 2.07.